The third-order valence-corrected chi connectivity index (χ3v) is 4.17. The van der Waals surface area contributed by atoms with Gasteiger partial charge in [-0.3, -0.25) is 10.2 Å². The molecule has 3 rings (SSSR count). The minimum atomic E-state index is -4.51. The van der Waals surface area contributed by atoms with E-state index in [9.17, 15) is 18.0 Å². The Morgan fingerprint density at radius 1 is 1.31 bits per heavy atom. The van der Waals surface area contributed by atoms with E-state index >= 15 is 0 Å². The first-order chi connectivity index (χ1) is 13.6. The molecule has 0 aliphatic heterocycles. The van der Waals surface area contributed by atoms with Crippen LogP contribution in [0.3, 0.4) is 0 Å². The van der Waals surface area contributed by atoms with Crippen molar-refractivity contribution in [1.82, 2.24) is 30.4 Å². The smallest absolute Gasteiger partial charge is 0.416 e. The number of carbonyl (C=O) groups is 1. The SMILES string of the molecule is CC(C(=O)NN(C)C)n1nnc2ncc(Oc3ccc(C(F)(F)F)cc3Cl)cc21. The molecule has 0 bridgehead atoms. The summed E-state index contributed by atoms with van der Waals surface area (Å²) >= 11 is 5.92. The standard InChI is InChI=1S/C17H16ClF3N6O2/c1-9(16(28)24-26(2)3)27-13-7-11(8-22-15(13)23-25-27)29-14-5-4-10(6-12(14)18)17(19,20)21/h4-9H,1-3H3,(H,24,28). The summed E-state index contributed by atoms with van der Waals surface area (Å²) in [4.78, 5) is 16.3. The monoisotopic (exact) mass is 428 g/mol. The first-order valence-electron chi connectivity index (χ1n) is 8.29. The number of alkyl halides is 3. The van der Waals surface area contributed by atoms with Crippen LogP contribution in [0.4, 0.5) is 13.2 Å². The van der Waals surface area contributed by atoms with Crippen LogP contribution in [-0.4, -0.2) is 45.0 Å². The second kappa shape index (κ2) is 7.84. The van der Waals surface area contributed by atoms with E-state index in [1.165, 1.54) is 22.0 Å². The number of ether oxygens (including phenoxy) is 1. The van der Waals surface area contributed by atoms with E-state index in [4.69, 9.17) is 16.3 Å². The van der Waals surface area contributed by atoms with Gasteiger partial charge in [-0.25, -0.2) is 14.7 Å². The molecule has 12 heteroatoms. The molecule has 0 saturated carbocycles. The molecule has 2 aromatic heterocycles. The fraction of sp³-hybridized carbons (Fsp3) is 0.294. The van der Waals surface area contributed by atoms with E-state index in [1.807, 2.05) is 0 Å². The number of hydrogen-bond donors (Lipinski definition) is 1. The number of aromatic nitrogens is 4. The minimum absolute atomic E-state index is 0.0261. The lowest BCUT2D eigenvalue weighted by Crippen LogP contribution is -2.40. The van der Waals surface area contributed by atoms with Crippen molar-refractivity contribution < 1.29 is 22.7 Å². The Kier molecular flexibility index (Phi) is 5.62. The number of hydrazine groups is 1. The van der Waals surface area contributed by atoms with Gasteiger partial charge in [0.1, 0.15) is 23.1 Å². The van der Waals surface area contributed by atoms with Crippen molar-refractivity contribution in [2.45, 2.75) is 19.1 Å². The molecule has 1 atom stereocenters. The van der Waals surface area contributed by atoms with Gasteiger partial charge in [0.2, 0.25) is 5.65 Å². The molecule has 0 spiro atoms. The number of nitrogens with zero attached hydrogens (tertiary/aromatic N) is 5. The van der Waals surface area contributed by atoms with Gasteiger partial charge in [0.05, 0.1) is 16.8 Å². The van der Waals surface area contributed by atoms with Crippen molar-refractivity contribution in [1.29, 1.82) is 0 Å². The van der Waals surface area contributed by atoms with Crippen LogP contribution in [-0.2, 0) is 11.0 Å². The molecule has 0 aliphatic rings. The van der Waals surface area contributed by atoms with E-state index < -0.39 is 17.8 Å². The van der Waals surface area contributed by atoms with Crippen molar-refractivity contribution in [3.63, 3.8) is 0 Å². The Hall–Kier alpha value is -2.92. The predicted molar refractivity (Wildman–Crippen MR) is 98.4 cm³/mol. The van der Waals surface area contributed by atoms with Gasteiger partial charge >= 0.3 is 6.18 Å². The summed E-state index contributed by atoms with van der Waals surface area (Å²) in [7, 11) is 3.34. The maximum Gasteiger partial charge on any atom is 0.416 e. The highest BCUT2D eigenvalue weighted by Crippen LogP contribution is 2.36. The number of halogens is 4. The topological polar surface area (TPSA) is 85.2 Å². The number of amides is 1. The van der Waals surface area contributed by atoms with Crippen molar-refractivity contribution in [3.8, 4) is 11.5 Å². The Labute approximate surface area is 168 Å². The zero-order valence-electron chi connectivity index (χ0n) is 15.5. The number of benzene rings is 1. The molecule has 1 amide bonds. The van der Waals surface area contributed by atoms with Gasteiger partial charge < -0.3 is 4.74 Å². The molecule has 154 valence electrons. The van der Waals surface area contributed by atoms with Crippen LogP contribution in [0.5, 0.6) is 11.5 Å². The maximum absolute atomic E-state index is 12.8. The lowest BCUT2D eigenvalue weighted by molar-refractivity contribution is -0.137. The molecule has 0 fully saturated rings. The van der Waals surface area contributed by atoms with Gasteiger partial charge in [-0.1, -0.05) is 16.8 Å². The van der Waals surface area contributed by atoms with E-state index in [1.54, 1.807) is 21.0 Å². The first kappa shape index (κ1) is 20.8. The largest absolute Gasteiger partial charge is 0.454 e. The molecule has 3 aromatic rings. The highest BCUT2D eigenvalue weighted by atomic mass is 35.5. The summed E-state index contributed by atoms with van der Waals surface area (Å²) in [5.74, 6) is -0.0972. The lowest BCUT2D eigenvalue weighted by atomic mass is 10.2. The van der Waals surface area contributed by atoms with Crippen molar-refractivity contribution in [2.75, 3.05) is 14.1 Å². The van der Waals surface area contributed by atoms with Crippen LogP contribution in [0.1, 0.15) is 18.5 Å². The number of fused-ring (bicyclic) bond motifs is 1. The first-order valence-corrected chi connectivity index (χ1v) is 8.67. The van der Waals surface area contributed by atoms with Crippen LogP contribution < -0.4 is 10.2 Å². The highest BCUT2D eigenvalue weighted by molar-refractivity contribution is 6.32. The van der Waals surface area contributed by atoms with Crippen LogP contribution in [0.15, 0.2) is 30.5 Å². The molecule has 1 N–H and O–H groups in total. The molecule has 29 heavy (non-hydrogen) atoms. The van der Waals surface area contributed by atoms with Gasteiger partial charge in [0, 0.05) is 20.2 Å². The molecular formula is C17H16ClF3N6O2. The summed E-state index contributed by atoms with van der Waals surface area (Å²) in [5, 5.41) is 9.15. The number of carbonyl (C=O) groups excluding carboxylic acids is 1. The number of rotatable bonds is 5. The quantitative estimate of drug-likeness (QED) is 0.626. The molecule has 8 nitrogen and oxygen atoms in total. The van der Waals surface area contributed by atoms with Crippen LogP contribution >= 0.6 is 11.6 Å². The fourth-order valence-corrected chi connectivity index (χ4v) is 2.68. The van der Waals surface area contributed by atoms with Crippen molar-refractivity contribution in [2.24, 2.45) is 0 Å². The Morgan fingerprint density at radius 3 is 2.66 bits per heavy atom. The Balaban J connectivity index is 1.89. The third-order valence-electron chi connectivity index (χ3n) is 3.87. The van der Waals surface area contributed by atoms with E-state index in [2.05, 4.69) is 20.7 Å². The normalized spacial score (nSPS) is 13.0. The number of nitrogens with one attached hydrogen (secondary N) is 1. The van der Waals surface area contributed by atoms with Crippen LogP contribution in [0.25, 0.3) is 11.2 Å². The van der Waals surface area contributed by atoms with Crippen LogP contribution in [0.2, 0.25) is 5.02 Å². The average molecular weight is 429 g/mol. The molecule has 1 unspecified atom stereocenters. The van der Waals surface area contributed by atoms with E-state index in [0.29, 0.717) is 5.52 Å². The lowest BCUT2D eigenvalue weighted by Gasteiger charge is -2.17. The van der Waals surface area contributed by atoms with Gasteiger partial charge in [0.25, 0.3) is 5.91 Å². The summed E-state index contributed by atoms with van der Waals surface area (Å²) in [5.41, 5.74) is 2.42. The Morgan fingerprint density at radius 2 is 2.03 bits per heavy atom. The fourth-order valence-electron chi connectivity index (χ4n) is 2.47. The predicted octanol–water partition coefficient (Wildman–Crippen LogP) is 3.44. The second-order valence-electron chi connectivity index (χ2n) is 6.34. The van der Waals surface area contributed by atoms with Crippen molar-refractivity contribution >= 4 is 28.7 Å². The molecule has 0 radical (unpaired) electrons. The Bertz CT molecular complexity index is 1050. The van der Waals surface area contributed by atoms with Crippen LogP contribution in [0, 0.1) is 0 Å². The molecule has 1 aromatic carbocycles. The van der Waals surface area contributed by atoms with Gasteiger partial charge in [-0.2, -0.15) is 13.2 Å². The molecular weight excluding hydrogens is 413 g/mol. The summed E-state index contributed by atoms with van der Waals surface area (Å²) in [6.45, 7) is 1.63. The summed E-state index contributed by atoms with van der Waals surface area (Å²) in [6, 6.07) is 3.59. The zero-order chi connectivity index (χ0) is 21.3. The van der Waals surface area contributed by atoms with Gasteiger partial charge in [-0.15, -0.1) is 5.10 Å². The molecule has 0 aliphatic carbocycles. The molecule has 2 heterocycles. The summed E-state index contributed by atoms with van der Waals surface area (Å²) in [6.07, 6.45) is -3.18. The van der Waals surface area contributed by atoms with E-state index in [-0.39, 0.29) is 28.1 Å². The number of pyridine rings is 1. The van der Waals surface area contributed by atoms with Crippen molar-refractivity contribution in [3.05, 3.63) is 41.0 Å². The second-order valence-corrected chi connectivity index (χ2v) is 6.75. The third kappa shape index (κ3) is 4.57. The van der Waals surface area contributed by atoms with Gasteiger partial charge in [0.15, 0.2) is 0 Å². The maximum atomic E-state index is 12.8. The minimum Gasteiger partial charge on any atom is -0.454 e. The zero-order valence-corrected chi connectivity index (χ0v) is 16.3. The summed E-state index contributed by atoms with van der Waals surface area (Å²) < 4.78 is 45.2. The highest BCUT2D eigenvalue weighted by Gasteiger charge is 2.31. The van der Waals surface area contributed by atoms with E-state index in [0.717, 1.165) is 18.2 Å². The average Bonchev–Trinajstić information content (AvgIpc) is 3.04. The molecule has 0 saturated heterocycles. The number of hydrogen-bond acceptors (Lipinski definition) is 6. The van der Waals surface area contributed by atoms with Gasteiger partial charge in [-0.05, 0) is 25.1 Å².